The van der Waals surface area contributed by atoms with E-state index in [1.807, 2.05) is 25.1 Å². The fraction of sp³-hybridized carbons (Fsp3) is 0.429. The first kappa shape index (κ1) is 22.7. The minimum absolute atomic E-state index is 0.0687. The lowest BCUT2D eigenvalue weighted by Crippen LogP contribution is -2.37. The fourth-order valence-corrected chi connectivity index (χ4v) is 4.53. The van der Waals surface area contributed by atoms with Gasteiger partial charge in [0.05, 0.1) is 18.7 Å². The average molecular weight is 445 g/mol. The molecule has 1 aliphatic rings. The molecule has 2 unspecified atom stereocenters. The van der Waals surface area contributed by atoms with Crippen LogP contribution in [0.3, 0.4) is 0 Å². The Morgan fingerprint density at radius 2 is 2.26 bits per heavy atom. The highest BCUT2D eigenvalue weighted by atomic mass is 32.1. The molecule has 10 heteroatoms. The van der Waals surface area contributed by atoms with Gasteiger partial charge in [-0.25, -0.2) is 4.79 Å². The minimum Gasteiger partial charge on any atom is -0.447 e. The Kier molecular flexibility index (Phi) is 7.57. The van der Waals surface area contributed by atoms with E-state index < -0.39 is 18.8 Å². The van der Waals surface area contributed by atoms with E-state index in [0.29, 0.717) is 23.5 Å². The first-order chi connectivity index (χ1) is 14.9. The second-order valence-corrected chi connectivity index (χ2v) is 8.42. The summed E-state index contributed by atoms with van der Waals surface area (Å²) in [4.78, 5) is 31.3. The largest absolute Gasteiger partial charge is 0.447 e. The number of hydrogen-bond donors (Lipinski definition) is 3. The van der Waals surface area contributed by atoms with Crippen molar-refractivity contribution in [2.45, 2.75) is 38.3 Å². The standard InChI is InChI=1S/C21H24N4O5S/c1-13(17-4-2-3-6-23-17)8-19(28)24-20-16(9-22)15-5-7-25(10-18(15)31-20)21(29)30-12-14(27)11-26/h2-4,6,13-14,26-27H,5,7-8,10-12H2,1H3,(H,24,28). The van der Waals surface area contributed by atoms with Gasteiger partial charge in [0.2, 0.25) is 5.91 Å². The second kappa shape index (κ2) is 10.3. The van der Waals surface area contributed by atoms with Gasteiger partial charge in [0, 0.05) is 35.7 Å². The summed E-state index contributed by atoms with van der Waals surface area (Å²) in [7, 11) is 0. The van der Waals surface area contributed by atoms with Gasteiger partial charge >= 0.3 is 6.09 Å². The van der Waals surface area contributed by atoms with Crippen molar-refractivity contribution in [3.8, 4) is 6.07 Å². The summed E-state index contributed by atoms with van der Waals surface area (Å²) in [5, 5.41) is 31.1. The third-order valence-corrected chi connectivity index (χ3v) is 6.11. The number of carbonyl (C=O) groups excluding carboxylic acids is 2. The van der Waals surface area contributed by atoms with Gasteiger partial charge < -0.3 is 25.2 Å². The summed E-state index contributed by atoms with van der Waals surface area (Å²) in [6.45, 7) is 1.75. The molecule has 1 aliphatic heterocycles. The Morgan fingerprint density at radius 3 is 2.94 bits per heavy atom. The van der Waals surface area contributed by atoms with Crippen LogP contribution in [0.4, 0.5) is 9.80 Å². The molecule has 0 spiro atoms. The molecule has 31 heavy (non-hydrogen) atoms. The van der Waals surface area contributed by atoms with E-state index in [4.69, 9.17) is 9.84 Å². The van der Waals surface area contributed by atoms with Crippen LogP contribution < -0.4 is 5.32 Å². The van der Waals surface area contributed by atoms with Gasteiger partial charge in [0.15, 0.2) is 0 Å². The first-order valence-electron chi connectivity index (χ1n) is 9.89. The van der Waals surface area contributed by atoms with E-state index in [1.54, 1.807) is 6.20 Å². The number of pyridine rings is 1. The van der Waals surface area contributed by atoms with Gasteiger partial charge in [-0.2, -0.15) is 5.26 Å². The molecule has 2 atom stereocenters. The summed E-state index contributed by atoms with van der Waals surface area (Å²) < 4.78 is 5.00. The van der Waals surface area contributed by atoms with Crippen LogP contribution in [0.25, 0.3) is 0 Å². The zero-order valence-corrected chi connectivity index (χ0v) is 17.9. The highest BCUT2D eigenvalue weighted by Crippen LogP contribution is 2.37. The van der Waals surface area contributed by atoms with Crippen molar-refractivity contribution in [1.29, 1.82) is 5.26 Å². The van der Waals surface area contributed by atoms with Crippen molar-refractivity contribution in [3.05, 3.63) is 46.1 Å². The average Bonchev–Trinajstić information content (AvgIpc) is 3.13. The Bertz CT molecular complexity index is 972. The molecule has 164 valence electrons. The molecule has 0 saturated heterocycles. The number of hydrogen-bond acceptors (Lipinski definition) is 8. The van der Waals surface area contributed by atoms with E-state index in [0.717, 1.165) is 16.1 Å². The zero-order chi connectivity index (χ0) is 22.4. The van der Waals surface area contributed by atoms with Crippen LogP contribution in [0, 0.1) is 11.3 Å². The number of amides is 2. The Hall–Kier alpha value is -3.00. The van der Waals surface area contributed by atoms with E-state index in [-0.39, 0.29) is 31.4 Å². The molecule has 3 N–H and O–H groups in total. The molecule has 3 heterocycles. The number of aliphatic hydroxyl groups is 2. The van der Waals surface area contributed by atoms with Crippen LogP contribution in [0.15, 0.2) is 24.4 Å². The Labute approximate surface area is 183 Å². The lowest BCUT2D eigenvalue weighted by Gasteiger charge is -2.26. The number of rotatable bonds is 7. The SMILES string of the molecule is CC(CC(=O)Nc1sc2c(c1C#N)CCN(C(=O)OCC(O)CO)C2)c1ccccn1. The Balaban J connectivity index is 1.65. The molecule has 2 aromatic heterocycles. The van der Waals surface area contributed by atoms with Crippen LogP contribution in [0.1, 0.15) is 41.0 Å². The lowest BCUT2D eigenvalue weighted by molar-refractivity contribution is -0.116. The number of carbonyl (C=O) groups is 2. The number of nitriles is 1. The quantitative estimate of drug-likeness (QED) is 0.594. The number of aliphatic hydroxyl groups excluding tert-OH is 2. The molecular weight excluding hydrogens is 420 g/mol. The summed E-state index contributed by atoms with van der Waals surface area (Å²) >= 11 is 1.28. The molecule has 2 aromatic rings. The van der Waals surface area contributed by atoms with Gasteiger partial charge in [-0.1, -0.05) is 13.0 Å². The fourth-order valence-electron chi connectivity index (χ4n) is 3.30. The molecule has 9 nitrogen and oxygen atoms in total. The van der Waals surface area contributed by atoms with Crippen molar-refractivity contribution < 1.29 is 24.5 Å². The molecule has 3 rings (SSSR count). The van der Waals surface area contributed by atoms with Crippen molar-refractivity contribution >= 4 is 28.3 Å². The monoisotopic (exact) mass is 444 g/mol. The van der Waals surface area contributed by atoms with Crippen LogP contribution in [0.5, 0.6) is 0 Å². The number of nitrogens with one attached hydrogen (secondary N) is 1. The Morgan fingerprint density at radius 1 is 1.45 bits per heavy atom. The molecule has 2 amide bonds. The van der Waals surface area contributed by atoms with Crippen molar-refractivity contribution in [3.63, 3.8) is 0 Å². The number of fused-ring (bicyclic) bond motifs is 1. The van der Waals surface area contributed by atoms with Gasteiger partial charge in [-0.15, -0.1) is 11.3 Å². The van der Waals surface area contributed by atoms with Crippen molar-refractivity contribution in [2.24, 2.45) is 0 Å². The van der Waals surface area contributed by atoms with Gasteiger partial charge in [0.1, 0.15) is 23.8 Å². The molecule has 0 fully saturated rings. The number of anilines is 1. The second-order valence-electron chi connectivity index (χ2n) is 7.31. The number of aromatic nitrogens is 1. The van der Waals surface area contributed by atoms with E-state index >= 15 is 0 Å². The molecule has 0 aliphatic carbocycles. The van der Waals surface area contributed by atoms with Crippen LogP contribution in [-0.4, -0.2) is 58.0 Å². The molecule has 0 bridgehead atoms. The first-order valence-corrected chi connectivity index (χ1v) is 10.7. The lowest BCUT2D eigenvalue weighted by atomic mass is 10.0. The maximum Gasteiger partial charge on any atom is 0.410 e. The molecular formula is C21H24N4O5S. The zero-order valence-electron chi connectivity index (χ0n) is 17.1. The molecule has 0 radical (unpaired) electrons. The maximum atomic E-state index is 12.6. The van der Waals surface area contributed by atoms with Crippen molar-refractivity contribution in [1.82, 2.24) is 9.88 Å². The van der Waals surface area contributed by atoms with Crippen LogP contribution in [0.2, 0.25) is 0 Å². The summed E-state index contributed by atoms with van der Waals surface area (Å²) in [6, 6.07) is 7.74. The van der Waals surface area contributed by atoms with Gasteiger partial charge in [0.25, 0.3) is 0 Å². The number of nitrogens with zero attached hydrogens (tertiary/aromatic N) is 3. The van der Waals surface area contributed by atoms with Crippen molar-refractivity contribution in [2.75, 3.05) is 25.1 Å². The topological polar surface area (TPSA) is 136 Å². The summed E-state index contributed by atoms with van der Waals surface area (Å²) in [5.41, 5.74) is 2.09. The predicted octanol–water partition coefficient (Wildman–Crippen LogP) is 1.99. The van der Waals surface area contributed by atoms with E-state index in [9.17, 15) is 20.0 Å². The minimum atomic E-state index is -1.12. The number of ether oxygens (including phenoxy) is 1. The molecule has 0 saturated carbocycles. The normalized spacial score (nSPS) is 14.8. The molecule has 0 aromatic carbocycles. The third kappa shape index (κ3) is 5.58. The highest BCUT2D eigenvalue weighted by molar-refractivity contribution is 7.16. The maximum absolute atomic E-state index is 12.6. The van der Waals surface area contributed by atoms with Crippen LogP contribution >= 0.6 is 11.3 Å². The highest BCUT2D eigenvalue weighted by Gasteiger charge is 2.28. The van der Waals surface area contributed by atoms with Gasteiger partial charge in [-0.3, -0.25) is 9.78 Å². The van der Waals surface area contributed by atoms with E-state index in [2.05, 4.69) is 16.4 Å². The smallest absolute Gasteiger partial charge is 0.410 e. The predicted molar refractivity (Wildman–Crippen MR) is 113 cm³/mol. The van der Waals surface area contributed by atoms with Crippen LogP contribution in [-0.2, 0) is 22.5 Å². The van der Waals surface area contributed by atoms with E-state index in [1.165, 1.54) is 16.2 Å². The summed E-state index contributed by atoms with van der Waals surface area (Å²) in [5.74, 6) is -0.275. The third-order valence-electron chi connectivity index (χ3n) is 4.97. The summed E-state index contributed by atoms with van der Waals surface area (Å²) in [6.07, 6.45) is 0.667. The number of thiophene rings is 1. The van der Waals surface area contributed by atoms with Gasteiger partial charge in [-0.05, 0) is 24.1 Å².